The highest BCUT2D eigenvalue weighted by Crippen LogP contribution is 2.35. The van der Waals surface area contributed by atoms with E-state index in [0.717, 1.165) is 16.5 Å². The molecular formula is C16H17NO3. The summed E-state index contributed by atoms with van der Waals surface area (Å²) >= 11 is 0. The van der Waals surface area contributed by atoms with Crippen LogP contribution in [0.3, 0.4) is 0 Å². The van der Waals surface area contributed by atoms with Crippen LogP contribution in [0.4, 0.5) is 0 Å². The number of ether oxygens (including phenoxy) is 1. The molecule has 3 aromatic rings. The molecule has 20 heavy (non-hydrogen) atoms. The maximum atomic E-state index is 6.22. The molecule has 0 spiro atoms. The first-order valence-corrected chi connectivity index (χ1v) is 6.61. The lowest BCUT2D eigenvalue weighted by Crippen LogP contribution is -2.31. The maximum Gasteiger partial charge on any atom is 0.175 e. The molecule has 2 heterocycles. The number of nitrogens with two attached hydrogens (primary N) is 1. The van der Waals surface area contributed by atoms with E-state index < -0.39 is 5.60 Å². The molecule has 0 amide bonds. The zero-order valence-electron chi connectivity index (χ0n) is 11.3. The van der Waals surface area contributed by atoms with Crippen molar-refractivity contribution < 1.29 is 13.6 Å². The average molecular weight is 271 g/mol. The fourth-order valence-electron chi connectivity index (χ4n) is 2.38. The van der Waals surface area contributed by atoms with Crippen LogP contribution in [-0.2, 0) is 5.60 Å². The highest BCUT2D eigenvalue weighted by Gasteiger charge is 2.30. The van der Waals surface area contributed by atoms with Crippen molar-refractivity contribution >= 4 is 11.0 Å². The highest BCUT2D eigenvalue weighted by molar-refractivity contribution is 5.82. The molecule has 0 unspecified atom stereocenters. The molecule has 0 aliphatic rings. The van der Waals surface area contributed by atoms with Crippen molar-refractivity contribution in [3.05, 3.63) is 54.7 Å². The van der Waals surface area contributed by atoms with Gasteiger partial charge in [-0.1, -0.05) is 12.1 Å². The zero-order valence-corrected chi connectivity index (χ0v) is 11.3. The number of furan rings is 2. The second kappa shape index (κ2) is 5.06. The van der Waals surface area contributed by atoms with Crippen LogP contribution in [0.5, 0.6) is 5.75 Å². The summed E-state index contributed by atoms with van der Waals surface area (Å²) < 4.78 is 16.9. The summed E-state index contributed by atoms with van der Waals surface area (Å²) in [7, 11) is 0. The van der Waals surface area contributed by atoms with Crippen LogP contribution in [0.15, 0.2) is 58.0 Å². The van der Waals surface area contributed by atoms with Gasteiger partial charge in [-0.3, -0.25) is 0 Å². The first-order chi connectivity index (χ1) is 9.73. The summed E-state index contributed by atoms with van der Waals surface area (Å²) in [6, 6.07) is 9.66. The molecule has 4 heteroatoms. The monoisotopic (exact) mass is 271 g/mol. The van der Waals surface area contributed by atoms with Gasteiger partial charge in [-0.05, 0) is 31.7 Å². The predicted octanol–water partition coefficient (Wildman–Crippen LogP) is 3.67. The van der Waals surface area contributed by atoms with E-state index in [4.69, 9.17) is 19.3 Å². The molecule has 104 valence electrons. The second-order valence-corrected chi connectivity index (χ2v) is 4.98. The Hall–Kier alpha value is -2.20. The Bertz CT molecular complexity index is 687. The topological polar surface area (TPSA) is 61.5 Å². The normalized spacial score (nSPS) is 14.3. The van der Waals surface area contributed by atoms with Crippen molar-refractivity contribution in [3.63, 3.8) is 0 Å². The Balaban J connectivity index is 2.00. The number of rotatable bonds is 5. The molecule has 2 aromatic heterocycles. The van der Waals surface area contributed by atoms with Crippen molar-refractivity contribution in [2.75, 3.05) is 6.54 Å². The lowest BCUT2D eigenvalue weighted by Gasteiger charge is -2.29. The van der Waals surface area contributed by atoms with E-state index in [1.54, 1.807) is 18.8 Å². The summed E-state index contributed by atoms with van der Waals surface area (Å²) in [5.74, 6) is 0.713. The highest BCUT2D eigenvalue weighted by atomic mass is 16.5. The Morgan fingerprint density at radius 1 is 1.20 bits per heavy atom. The van der Waals surface area contributed by atoms with Crippen LogP contribution < -0.4 is 10.5 Å². The van der Waals surface area contributed by atoms with E-state index in [0.29, 0.717) is 18.7 Å². The third kappa shape index (κ3) is 2.18. The summed E-state index contributed by atoms with van der Waals surface area (Å²) in [4.78, 5) is 0. The minimum atomic E-state index is -0.539. The van der Waals surface area contributed by atoms with E-state index in [9.17, 15) is 0 Å². The van der Waals surface area contributed by atoms with Crippen molar-refractivity contribution in [1.29, 1.82) is 0 Å². The smallest absolute Gasteiger partial charge is 0.175 e. The van der Waals surface area contributed by atoms with Crippen LogP contribution in [-0.4, -0.2) is 6.54 Å². The Labute approximate surface area is 117 Å². The lowest BCUT2D eigenvalue weighted by atomic mass is 9.94. The lowest BCUT2D eigenvalue weighted by molar-refractivity contribution is 0.0796. The quantitative estimate of drug-likeness (QED) is 0.769. The van der Waals surface area contributed by atoms with Gasteiger partial charge >= 0.3 is 0 Å². The number of hydrogen-bond donors (Lipinski definition) is 1. The molecule has 2 N–H and O–H groups in total. The van der Waals surface area contributed by atoms with Gasteiger partial charge in [0.2, 0.25) is 0 Å². The molecule has 0 aliphatic carbocycles. The summed E-state index contributed by atoms with van der Waals surface area (Å²) in [5, 5.41) is 1.02. The molecule has 3 rings (SSSR count). The molecule has 1 aromatic carbocycles. The number of para-hydroxylation sites is 1. The van der Waals surface area contributed by atoms with E-state index in [-0.39, 0.29) is 0 Å². The van der Waals surface area contributed by atoms with Crippen molar-refractivity contribution in [2.24, 2.45) is 5.73 Å². The fraction of sp³-hybridized carbons (Fsp3) is 0.250. The third-order valence-electron chi connectivity index (χ3n) is 3.53. The van der Waals surface area contributed by atoms with Gasteiger partial charge in [0.25, 0.3) is 0 Å². The standard InChI is InChI=1S/C16H17NO3/c1-16(7-8-17,13-6-9-18-11-13)20-14-4-2-3-12-5-10-19-15(12)14/h2-6,9-11H,7-8,17H2,1H3/t16-/m1/s1. The molecular weight excluding hydrogens is 254 g/mol. The fourth-order valence-corrected chi connectivity index (χ4v) is 2.38. The van der Waals surface area contributed by atoms with Crippen LogP contribution in [0.25, 0.3) is 11.0 Å². The van der Waals surface area contributed by atoms with Crippen molar-refractivity contribution in [1.82, 2.24) is 0 Å². The van der Waals surface area contributed by atoms with Crippen LogP contribution in [0, 0.1) is 0 Å². The molecule has 0 aliphatic heterocycles. The van der Waals surface area contributed by atoms with E-state index >= 15 is 0 Å². The van der Waals surface area contributed by atoms with E-state index in [2.05, 4.69) is 0 Å². The van der Waals surface area contributed by atoms with Gasteiger partial charge in [0.15, 0.2) is 11.3 Å². The van der Waals surface area contributed by atoms with Crippen LogP contribution in [0.1, 0.15) is 18.9 Å². The molecule has 0 bridgehead atoms. The number of benzene rings is 1. The van der Waals surface area contributed by atoms with Crippen molar-refractivity contribution in [2.45, 2.75) is 18.9 Å². The van der Waals surface area contributed by atoms with Gasteiger partial charge in [0.1, 0.15) is 5.60 Å². The molecule has 0 radical (unpaired) electrons. The first-order valence-electron chi connectivity index (χ1n) is 6.61. The average Bonchev–Trinajstić information content (AvgIpc) is 3.11. The van der Waals surface area contributed by atoms with E-state index in [1.165, 1.54) is 0 Å². The van der Waals surface area contributed by atoms with Gasteiger partial charge in [0, 0.05) is 17.4 Å². The molecule has 4 nitrogen and oxygen atoms in total. The van der Waals surface area contributed by atoms with Gasteiger partial charge in [-0.25, -0.2) is 0 Å². The van der Waals surface area contributed by atoms with Gasteiger partial charge in [-0.2, -0.15) is 0 Å². The summed E-state index contributed by atoms with van der Waals surface area (Å²) in [6.07, 6.45) is 5.68. The number of hydrogen-bond acceptors (Lipinski definition) is 4. The first kappa shape index (κ1) is 12.8. The minimum absolute atomic E-state index is 0.524. The third-order valence-corrected chi connectivity index (χ3v) is 3.53. The number of fused-ring (bicyclic) bond motifs is 1. The van der Waals surface area contributed by atoms with Gasteiger partial charge in [0.05, 0.1) is 18.8 Å². The van der Waals surface area contributed by atoms with Crippen molar-refractivity contribution in [3.8, 4) is 5.75 Å². The van der Waals surface area contributed by atoms with Crippen LogP contribution >= 0.6 is 0 Å². The minimum Gasteiger partial charge on any atom is -0.479 e. The van der Waals surface area contributed by atoms with Crippen LogP contribution in [0.2, 0.25) is 0 Å². The van der Waals surface area contributed by atoms with Gasteiger partial charge in [-0.15, -0.1) is 0 Å². The predicted molar refractivity (Wildman–Crippen MR) is 76.6 cm³/mol. The Morgan fingerprint density at radius 3 is 2.85 bits per heavy atom. The zero-order chi connectivity index (χ0) is 14.0. The van der Waals surface area contributed by atoms with Gasteiger partial charge < -0.3 is 19.3 Å². The molecule has 0 saturated heterocycles. The van der Waals surface area contributed by atoms with E-state index in [1.807, 2.05) is 37.3 Å². The SMILES string of the molecule is C[C@](CCN)(Oc1cccc2ccoc12)c1ccoc1. The second-order valence-electron chi connectivity index (χ2n) is 4.98. The Kier molecular flexibility index (Phi) is 3.24. The largest absolute Gasteiger partial charge is 0.479 e. The molecule has 0 saturated carbocycles. The summed E-state index contributed by atoms with van der Waals surface area (Å²) in [6.45, 7) is 2.53. The molecule has 1 atom stereocenters. The summed E-state index contributed by atoms with van der Waals surface area (Å²) in [5.41, 5.74) is 6.91. The maximum absolute atomic E-state index is 6.22. The molecule has 0 fully saturated rings. The Morgan fingerprint density at radius 2 is 2.10 bits per heavy atom.